The lowest BCUT2D eigenvalue weighted by atomic mass is 9.96. The van der Waals surface area contributed by atoms with Gasteiger partial charge in [0.25, 0.3) is 0 Å². The molecule has 1 aromatic heterocycles. The number of carboxylic acids is 1. The van der Waals surface area contributed by atoms with Crippen molar-refractivity contribution >= 4 is 11.7 Å². The van der Waals surface area contributed by atoms with E-state index in [0.717, 1.165) is 17.7 Å². The number of oxime groups is 1. The third-order valence-corrected chi connectivity index (χ3v) is 4.58. The van der Waals surface area contributed by atoms with Gasteiger partial charge in [0.05, 0.1) is 12.4 Å². The Morgan fingerprint density at radius 1 is 1.07 bits per heavy atom. The van der Waals surface area contributed by atoms with Gasteiger partial charge in [-0.05, 0) is 24.8 Å². The number of hydrogen-bond donors (Lipinski definition) is 1. The first-order valence-electron chi connectivity index (χ1n) is 9.72. The molecule has 6 nitrogen and oxygen atoms in total. The molecule has 29 heavy (non-hydrogen) atoms. The van der Waals surface area contributed by atoms with E-state index in [0.29, 0.717) is 19.4 Å². The fourth-order valence-electron chi connectivity index (χ4n) is 3.11. The van der Waals surface area contributed by atoms with Gasteiger partial charge in [-0.3, -0.25) is 4.79 Å². The molecule has 1 N–H and O–H groups in total. The largest absolute Gasteiger partial charge is 0.481 e. The molecule has 0 spiro atoms. The number of carboxylic acid groups (broad SMARTS) is 1. The minimum atomic E-state index is -0.790. The maximum Gasteiger partial charge on any atom is 0.303 e. The van der Waals surface area contributed by atoms with E-state index in [1.165, 1.54) is 5.56 Å². The van der Waals surface area contributed by atoms with Gasteiger partial charge in [-0.2, -0.15) is 0 Å². The van der Waals surface area contributed by atoms with Crippen LogP contribution in [0.1, 0.15) is 36.4 Å². The molecule has 6 heteroatoms. The Kier molecular flexibility index (Phi) is 7.57. The zero-order valence-electron chi connectivity index (χ0n) is 16.2. The molecule has 1 heterocycles. The molecule has 0 fully saturated rings. The van der Waals surface area contributed by atoms with Gasteiger partial charge in [-0.25, -0.2) is 4.98 Å². The normalized spacial score (nSPS) is 12.5. The lowest BCUT2D eigenvalue weighted by Gasteiger charge is -2.21. The Morgan fingerprint density at radius 3 is 2.45 bits per heavy atom. The van der Waals surface area contributed by atoms with Crippen LogP contribution in [0.5, 0.6) is 0 Å². The van der Waals surface area contributed by atoms with Gasteiger partial charge in [-0.1, -0.05) is 65.8 Å². The van der Waals surface area contributed by atoms with E-state index in [1.54, 1.807) is 12.5 Å². The molecule has 0 saturated heterocycles. The Hall–Kier alpha value is -3.41. The van der Waals surface area contributed by atoms with E-state index in [-0.39, 0.29) is 12.5 Å². The number of aromatic nitrogens is 2. The molecule has 0 amide bonds. The number of aliphatic carboxylic acids is 1. The van der Waals surface area contributed by atoms with Crippen LogP contribution in [0.15, 0.2) is 84.5 Å². The number of carbonyl (C=O) groups is 1. The van der Waals surface area contributed by atoms with Crippen molar-refractivity contribution in [3.63, 3.8) is 0 Å². The molecule has 0 radical (unpaired) electrons. The average Bonchev–Trinajstić information content (AvgIpc) is 3.28. The van der Waals surface area contributed by atoms with Gasteiger partial charge < -0.3 is 14.5 Å². The third kappa shape index (κ3) is 6.31. The highest BCUT2D eigenvalue weighted by Gasteiger charge is 2.21. The van der Waals surface area contributed by atoms with E-state index < -0.39 is 5.97 Å². The van der Waals surface area contributed by atoms with Gasteiger partial charge in [0.15, 0.2) is 0 Å². The van der Waals surface area contributed by atoms with Crippen molar-refractivity contribution in [1.82, 2.24) is 9.55 Å². The lowest BCUT2D eigenvalue weighted by Crippen LogP contribution is -2.22. The number of unbranched alkanes of at least 4 members (excludes halogenated alkanes) is 1. The van der Waals surface area contributed by atoms with Crippen LogP contribution >= 0.6 is 0 Å². The third-order valence-electron chi connectivity index (χ3n) is 4.58. The molecule has 2 aromatic carbocycles. The van der Waals surface area contributed by atoms with Gasteiger partial charge in [0.2, 0.25) is 0 Å². The Balaban J connectivity index is 1.83. The SMILES string of the molecule is O=C(O)CCCCO/N=C(\c1ccccc1)[C@@H](Cc1ccccc1)n1ccnc1. The molecular weight excluding hydrogens is 366 g/mol. The quantitative estimate of drug-likeness (QED) is 0.300. The van der Waals surface area contributed by atoms with E-state index in [2.05, 4.69) is 22.3 Å². The molecule has 0 unspecified atom stereocenters. The first-order chi connectivity index (χ1) is 14.2. The van der Waals surface area contributed by atoms with Crippen molar-refractivity contribution in [3.05, 3.63) is 90.5 Å². The minimum Gasteiger partial charge on any atom is -0.481 e. The minimum absolute atomic E-state index is 0.0821. The summed E-state index contributed by atoms with van der Waals surface area (Å²) in [6, 6.07) is 20.1. The van der Waals surface area contributed by atoms with Gasteiger partial charge >= 0.3 is 5.97 Å². The van der Waals surface area contributed by atoms with Crippen molar-refractivity contribution in [3.8, 4) is 0 Å². The summed E-state index contributed by atoms with van der Waals surface area (Å²) in [6.45, 7) is 0.381. The number of benzene rings is 2. The second-order valence-electron chi connectivity index (χ2n) is 6.74. The predicted octanol–water partition coefficient (Wildman–Crippen LogP) is 4.34. The number of hydrogen-bond acceptors (Lipinski definition) is 4. The fraction of sp³-hybridized carbons (Fsp3) is 0.261. The lowest BCUT2D eigenvalue weighted by molar-refractivity contribution is -0.137. The van der Waals surface area contributed by atoms with Crippen LogP contribution < -0.4 is 0 Å². The van der Waals surface area contributed by atoms with Crippen LogP contribution in [0.25, 0.3) is 0 Å². The summed E-state index contributed by atoms with van der Waals surface area (Å²) in [5.41, 5.74) is 2.98. The smallest absolute Gasteiger partial charge is 0.303 e. The van der Waals surface area contributed by atoms with Crippen molar-refractivity contribution in [2.24, 2.45) is 5.16 Å². The Morgan fingerprint density at radius 2 is 1.79 bits per heavy atom. The zero-order chi connectivity index (χ0) is 20.3. The standard InChI is InChI=1S/C23H25N3O3/c27-22(28)13-7-8-16-29-25-23(20-11-5-2-6-12-20)21(26-15-14-24-18-26)17-19-9-3-1-4-10-19/h1-6,9-12,14-15,18,21H,7-8,13,16-17H2,(H,27,28)/b25-23+/t21-/m1/s1. The monoisotopic (exact) mass is 391 g/mol. The fourth-order valence-corrected chi connectivity index (χ4v) is 3.11. The van der Waals surface area contributed by atoms with Crippen LogP contribution in [0.4, 0.5) is 0 Å². The molecule has 1 atom stereocenters. The van der Waals surface area contributed by atoms with Crippen LogP contribution in [0, 0.1) is 0 Å². The molecule has 0 aliphatic heterocycles. The van der Waals surface area contributed by atoms with Gasteiger partial charge in [0, 0.05) is 24.4 Å². The molecule has 0 saturated carbocycles. The molecule has 150 valence electrons. The zero-order valence-corrected chi connectivity index (χ0v) is 16.2. The molecule has 0 aliphatic carbocycles. The molecule has 3 rings (SSSR count). The highest BCUT2D eigenvalue weighted by Crippen LogP contribution is 2.21. The summed E-state index contributed by atoms with van der Waals surface area (Å²) in [6.07, 6.45) is 7.58. The second kappa shape index (κ2) is 10.8. The summed E-state index contributed by atoms with van der Waals surface area (Å²) in [5.74, 6) is -0.790. The summed E-state index contributed by atoms with van der Waals surface area (Å²) >= 11 is 0. The predicted molar refractivity (Wildman–Crippen MR) is 112 cm³/mol. The maximum atomic E-state index is 10.6. The van der Waals surface area contributed by atoms with Gasteiger partial charge in [-0.15, -0.1) is 0 Å². The van der Waals surface area contributed by atoms with Crippen molar-refractivity contribution in [1.29, 1.82) is 0 Å². The van der Waals surface area contributed by atoms with Crippen LogP contribution in [-0.4, -0.2) is 32.9 Å². The first kappa shape index (κ1) is 20.3. The van der Waals surface area contributed by atoms with E-state index in [9.17, 15) is 4.79 Å². The van der Waals surface area contributed by atoms with E-state index in [4.69, 9.17) is 9.94 Å². The molecule has 0 aliphatic rings. The van der Waals surface area contributed by atoms with Crippen molar-refractivity contribution < 1.29 is 14.7 Å². The number of rotatable bonds is 11. The van der Waals surface area contributed by atoms with E-state index >= 15 is 0 Å². The second-order valence-corrected chi connectivity index (χ2v) is 6.74. The maximum absolute atomic E-state index is 10.6. The van der Waals surface area contributed by atoms with Crippen molar-refractivity contribution in [2.75, 3.05) is 6.61 Å². The number of imidazole rings is 1. The molecular formula is C23H25N3O3. The van der Waals surface area contributed by atoms with E-state index in [1.807, 2.05) is 59.3 Å². The summed E-state index contributed by atoms with van der Waals surface area (Å²) in [5, 5.41) is 13.2. The highest BCUT2D eigenvalue weighted by atomic mass is 16.6. The highest BCUT2D eigenvalue weighted by molar-refractivity contribution is 6.03. The van der Waals surface area contributed by atoms with Crippen molar-refractivity contribution in [2.45, 2.75) is 31.7 Å². The average molecular weight is 391 g/mol. The summed E-state index contributed by atoms with van der Waals surface area (Å²) < 4.78 is 2.03. The molecule has 0 bridgehead atoms. The van der Waals surface area contributed by atoms with Crippen LogP contribution in [0.3, 0.4) is 0 Å². The van der Waals surface area contributed by atoms with Crippen LogP contribution in [-0.2, 0) is 16.1 Å². The topological polar surface area (TPSA) is 76.7 Å². The number of nitrogens with zero attached hydrogens (tertiary/aromatic N) is 3. The summed E-state index contributed by atoms with van der Waals surface area (Å²) in [7, 11) is 0. The van der Waals surface area contributed by atoms with Gasteiger partial charge in [0.1, 0.15) is 12.3 Å². The Labute approximate surface area is 170 Å². The first-order valence-corrected chi connectivity index (χ1v) is 9.72. The Bertz CT molecular complexity index is 894. The molecule has 3 aromatic rings. The van der Waals surface area contributed by atoms with Crippen LogP contribution in [0.2, 0.25) is 0 Å². The summed E-state index contributed by atoms with van der Waals surface area (Å²) in [4.78, 5) is 20.5.